The molecule has 0 radical (unpaired) electrons. The predicted molar refractivity (Wildman–Crippen MR) is 149 cm³/mol. The van der Waals surface area contributed by atoms with E-state index in [1.807, 2.05) is 24.3 Å². The van der Waals surface area contributed by atoms with Crippen LogP contribution in [0.4, 0.5) is 11.4 Å². The van der Waals surface area contributed by atoms with Gasteiger partial charge in [0.2, 0.25) is 5.91 Å². The Bertz CT molecular complexity index is 1310. The van der Waals surface area contributed by atoms with Gasteiger partial charge in [0, 0.05) is 37.7 Å². The lowest BCUT2D eigenvalue weighted by Gasteiger charge is -2.39. The van der Waals surface area contributed by atoms with Crippen LogP contribution in [0.5, 0.6) is 5.75 Å². The van der Waals surface area contributed by atoms with Crippen LogP contribution in [-0.4, -0.2) is 64.1 Å². The van der Waals surface area contributed by atoms with Crippen molar-refractivity contribution in [2.24, 2.45) is 5.92 Å². The van der Waals surface area contributed by atoms with Crippen molar-refractivity contribution in [2.75, 3.05) is 30.6 Å². The van der Waals surface area contributed by atoms with Crippen LogP contribution in [0.2, 0.25) is 18.6 Å². The number of ether oxygens (including phenoxy) is 3. The first kappa shape index (κ1) is 27.4. The molecule has 0 aromatic heterocycles. The van der Waals surface area contributed by atoms with E-state index in [9.17, 15) is 19.5 Å². The van der Waals surface area contributed by atoms with Gasteiger partial charge in [0.1, 0.15) is 5.75 Å². The average molecular weight is 553 g/mol. The summed E-state index contributed by atoms with van der Waals surface area (Å²) >= 11 is 0. The number of carbonyl (C=O) groups is 3. The third-order valence-corrected chi connectivity index (χ3v) is 13.2. The van der Waals surface area contributed by atoms with Gasteiger partial charge in [-0.25, -0.2) is 0 Å². The molecule has 10 heteroatoms. The van der Waals surface area contributed by atoms with E-state index in [4.69, 9.17) is 14.2 Å². The number of β-lactam (4-membered cyclic amide) rings is 1. The van der Waals surface area contributed by atoms with Crippen molar-refractivity contribution >= 4 is 42.4 Å². The van der Waals surface area contributed by atoms with Crippen LogP contribution in [0.25, 0.3) is 0 Å². The van der Waals surface area contributed by atoms with Gasteiger partial charge in [-0.1, -0.05) is 37.3 Å². The first-order valence-corrected chi connectivity index (χ1v) is 16.4. The normalized spacial score (nSPS) is 28.1. The van der Waals surface area contributed by atoms with Gasteiger partial charge in [-0.05, 0) is 42.3 Å². The number of rotatable bonds is 7. The summed E-state index contributed by atoms with van der Waals surface area (Å²) in [5.41, 5.74) is 0.741. The molecule has 0 saturated carbocycles. The van der Waals surface area contributed by atoms with Crippen LogP contribution >= 0.6 is 0 Å². The van der Waals surface area contributed by atoms with Crippen LogP contribution in [-0.2, 0) is 29.5 Å². The van der Waals surface area contributed by atoms with E-state index in [0.29, 0.717) is 17.7 Å². The monoisotopic (exact) mass is 552 g/mol. The minimum atomic E-state index is -2.27. The maximum Gasteiger partial charge on any atom is 0.304 e. The second-order valence-electron chi connectivity index (χ2n) is 11.3. The number of fused-ring (bicyclic) bond motifs is 2. The minimum absolute atomic E-state index is 0.0180. The predicted octanol–water partition coefficient (Wildman–Crippen LogP) is 2.90. The van der Waals surface area contributed by atoms with Crippen LogP contribution in [0.3, 0.4) is 0 Å². The Hall–Kier alpha value is -3.21. The average Bonchev–Trinajstić information content (AvgIpc) is 3.30. The summed E-state index contributed by atoms with van der Waals surface area (Å²) in [5, 5.41) is 11.2. The summed E-state index contributed by atoms with van der Waals surface area (Å²) in [7, 11) is 1.11. The molecule has 3 aliphatic rings. The highest BCUT2D eigenvalue weighted by atomic mass is 28.3. The van der Waals surface area contributed by atoms with Crippen molar-refractivity contribution in [2.45, 2.75) is 63.3 Å². The molecule has 3 heterocycles. The number of esters is 1. The van der Waals surface area contributed by atoms with Crippen molar-refractivity contribution in [3.05, 3.63) is 48.0 Å². The first-order valence-electron chi connectivity index (χ1n) is 13.3. The van der Waals surface area contributed by atoms with Gasteiger partial charge in [-0.3, -0.25) is 19.3 Å². The number of amides is 2. The van der Waals surface area contributed by atoms with Crippen molar-refractivity contribution in [3.63, 3.8) is 0 Å². The van der Waals surface area contributed by atoms with Crippen molar-refractivity contribution in [1.29, 1.82) is 0 Å². The van der Waals surface area contributed by atoms with Crippen LogP contribution in [0.15, 0.2) is 42.5 Å². The second-order valence-corrected chi connectivity index (χ2v) is 16.0. The zero-order valence-corrected chi connectivity index (χ0v) is 24.3. The number of benzene rings is 2. The molecule has 0 aliphatic carbocycles. The highest BCUT2D eigenvalue weighted by Gasteiger charge is 2.65. The number of hydrogen-bond donors (Lipinski definition) is 1. The number of aliphatic hydroxyl groups is 1. The zero-order valence-electron chi connectivity index (χ0n) is 23.3. The third-order valence-electron chi connectivity index (χ3n) is 8.85. The first-order chi connectivity index (χ1) is 18.5. The van der Waals surface area contributed by atoms with Crippen molar-refractivity contribution < 1.29 is 33.7 Å². The van der Waals surface area contributed by atoms with E-state index in [2.05, 4.69) is 32.2 Å². The lowest BCUT2D eigenvalue weighted by atomic mass is 9.82. The Labute approximate surface area is 229 Å². The molecule has 2 amide bonds. The Morgan fingerprint density at radius 3 is 2.46 bits per heavy atom. The molecular weight excluding hydrogens is 516 g/mol. The lowest BCUT2D eigenvalue weighted by Crippen LogP contribution is -2.55. The molecule has 39 heavy (non-hydrogen) atoms. The molecule has 208 valence electrons. The van der Waals surface area contributed by atoms with E-state index in [1.165, 1.54) is 17.0 Å². The molecule has 3 aliphatic heterocycles. The van der Waals surface area contributed by atoms with Crippen molar-refractivity contribution in [3.8, 4) is 5.75 Å². The molecular formula is C29H36N2O7Si. The lowest BCUT2D eigenvalue weighted by molar-refractivity contribution is -0.153. The number of nitrogens with zero attached hydrogens (tertiary/aromatic N) is 2. The molecule has 2 aromatic rings. The molecule has 1 N–H and O–H groups in total. The van der Waals surface area contributed by atoms with E-state index in [1.54, 1.807) is 25.1 Å². The molecule has 2 fully saturated rings. The molecule has 1 unspecified atom stereocenters. The molecule has 9 nitrogen and oxygen atoms in total. The number of hydrogen-bond acceptors (Lipinski definition) is 7. The summed E-state index contributed by atoms with van der Waals surface area (Å²) in [6, 6.07) is 13.5. The summed E-state index contributed by atoms with van der Waals surface area (Å²) in [6.45, 7) is 7.90. The Balaban J connectivity index is 1.59. The topological polar surface area (TPSA) is 106 Å². The Morgan fingerprint density at radius 1 is 1.18 bits per heavy atom. The van der Waals surface area contributed by atoms with Crippen LogP contribution in [0, 0.1) is 5.92 Å². The van der Waals surface area contributed by atoms with Gasteiger partial charge in [0.15, 0.2) is 11.8 Å². The van der Waals surface area contributed by atoms with Gasteiger partial charge in [-0.15, -0.1) is 0 Å². The number of anilines is 2. The third kappa shape index (κ3) is 4.08. The van der Waals surface area contributed by atoms with Crippen molar-refractivity contribution in [1.82, 2.24) is 0 Å². The second kappa shape index (κ2) is 9.76. The van der Waals surface area contributed by atoms with Gasteiger partial charge < -0.3 is 24.2 Å². The molecule has 2 aromatic carbocycles. The summed E-state index contributed by atoms with van der Waals surface area (Å²) < 4.78 is 17.5. The Kier molecular flexibility index (Phi) is 6.85. The number of methoxy groups -OCH3 is 1. The largest absolute Gasteiger partial charge is 0.497 e. The van der Waals surface area contributed by atoms with Crippen LogP contribution in [0.1, 0.15) is 32.3 Å². The van der Waals surface area contributed by atoms with E-state index < -0.39 is 25.9 Å². The van der Waals surface area contributed by atoms with E-state index >= 15 is 0 Å². The molecule has 5 rings (SSSR count). The van der Waals surface area contributed by atoms with E-state index in [0.717, 1.165) is 11.4 Å². The minimum Gasteiger partial charge on any atom is -0.497 e. The highest BCUT2D eigenvalue weighted by molar-refractivity contribution is 6.91. The highest BCUT2D eigenvalue weighted by Crippen LogP contribution is 2.60. The SMILES string of the molecule is COc1ccc([Si](C)(C)[C@H]2[C@H](CCO)O[C@@]3(C(=O)N(C)c4ccc(N5C(=O)CC5OC(C)=O)cc43)[C@@H]2C)cc1. The number of likely N-dealkylation sites (N-methyl/N-ethyl adjacent to an activating group) is 1. The van der Waals surface area contributed by atoms with Gasteiger partial charge >= 0.3 is 5.97 Å². The summed E-state index contributed by atoms with van der Waals surface area (Å²) in [6.07, 6.45) is -0.470. The molecule has 5 atom stereocenters. The maximum atomic E-state index is 14.1. The smallest absolute Gasteiger partial charge is 0.304 e. The van der Waals surface area contributed by atoms with Gasteiger partial charge in [-0.2, -0.15) is 0 Å². The zero-order chi connectivity index (χ0) is 28.3. The Morgan fingerprint density at radius 2 is 1.87 bits per heavy atom. The fourth-order valence-electron chi connectivity index (χ4n) is 6.94. The van der Waals surface area contributed by atoms with Gasteiger partial charge in [0.05, 0.1) is 33.4 Å². The number of carbonyl (C=O) groups excluding carboxylic acids is 3. The van der Waals surface area contributed by atoms with Crippen LogP contribution < -0.4 is 19.7 Å². The van der Waals surface area contributed by atoms with E-state index in [-0.39, 0.29) is 42.4 Å². The molecule has 1 spiro atoms. The summed E-state index contributed by atoms with van der Waals surface area (Å²) in [5.74, 6) is -0.195. The fraction of sp³-hybridized carbons (Fsp3) is 0.483. The fourth-order valence-corrected chi connectivity index (χ4v) is 11.0. The van der Waals surface area contributed by atoms with Gasteiger partial charge in [0.25, 0.3) is 5.91 Å². The maximum absolute atomic E-state index is 14.1. The molecule has 0 bridgehead atoms. The summed E-state index contributed by atoms with van der Waals surface area (Å²) in [4.78, 5) is 41.3. The number of aliphatic hydroxyl groups excluding tert-OH is 1. The molecule has 2 saturated heterocycles. The standard InChI is InChI=1S/C29H36N2O7Si/c1-17-27(39(5,6)21-10-8-20(36-4)9-11-21)24(13-14-32)38-29(17)22-15-19(7-12-23(22)30(3)28(29)35)31-25(34)16-26(31)37-18(2)33/h7-12,15,17,24,26-27,32H,13-14,16H2,1-6H3/t17-,24+,26?,27-,29+/m1/s1. The quantitative estimate of drug-likeness (QED) is 0.320.